The number of sulfonamides is 1. The van der Waals surface area contributed by atoms with Crippen molar-refractivity contribution in [3.05, 3.63) is 59.8 Å². The minimum atomic E-state index is -4.50. The van der Waals surface area contributed by atoms with Gasteiger partial charge in [-0.3, -0.25) is 9.09 Å². The Hall–Kier alpha value is -1.27. The Kier molecular flexibility index (Phi) is 8.48. The number of hydrogen-bond acceptors (Lipinski definition) is 6. The zero-order chi connectivity index (χ0) is 22.1. The first-order valence-electron chi connectivity index (χ1n) is 8.18. The first-order chi connectivity index (χ1) is 14.1. The average Bonchev–Trinajstić information content (AvgIpc) is 3.08. The Morgan fingerprint density at radius 3 is 2.39 bits per heavy atom. The fraction of sp³-hybridized carbons (Fsp3) is 0.118. The molecule has 1 atom stereocenters. The summed E-state index contributed by atoms with van der Waals surface area (Å²) in [6, 6.07) is 9.61. The molecule has 0 amide bonds. The van der Waals surface area contributed by atoms with E-state index < -0.39 is 23.6 Å². The van der Waals surface area contributed by atoms with Crippen molar-refractivity contribution in [3.8, 4) is 22.7 Å². The molecule has 2 aromatic carbocycles. The van der Waals surface area contributed by atoms with E-state index in [9.17, 15) is 22.3 Å². The molecule has 1 unspecified atom stereocenters. The van der Waals surface area contributed by atoms with Crippen LogP contribution in [0.25, 0.3) is 16.9 Å². The monoisotopic (exact) mass is 498 g/mol. The van der Waals surface area contributed by atoms with E-state index in [2.05, 4.69) is 9.51 Å². The fourth-order valence-corrected chi connectivity index (χ4v) is 5.30. The number of halogens is 2. The number of benzene rings is 2. The summed E-state index contributed by atoms with van der Waals surface area (Å²) < 4.78 is 62.4. The van der Waals surface area contributed by atoms with Crippen LogP contribution in [0.3, 0.4) is 0 Å². The Morgan fingerprint density at radius 1 is 1.19 bits per heavy atom. The second-order valence-corrected chi connectivity index (χ2v) is 9.87. The van der Waals surface area contributed by atoms with E-state index in [4.69, 9.17) is 16.3 Å². The van der Waals surface area contributed by atoms with Gasteiger partial charge < -0.3 is 9.63 Å². The molecule has 0 spiro atoms. The molecule has 0 aliphatic carbocycles. The zero-order valence-corrected chi connectivity index (χ0v) is 21.1. The van der Waals surface area contributed by atoms with Gasteiger partial charge in [0, 0.05) is 47.9 Å². The maximum Gasteiger partial charge on any atom is 0.416 e. The minimum absolute atomic E-state index is 0. The van der Waals surface area contributed by atoms with Crippen LogP contribution in [0.4, 0.5) is 4.39 Å². The Labute approximate surface area is 205 Å². The first kappa shape index (κ1) is 26.0. The molecule has 0 bridgehead atoms. The van der Waals surface area contributed by atoms with E-state index in [-0.39, 0.29) is 45.4 Å². The van der Waals surface area contributed by atoms with Crippen LogP contribution in [0.5, 0.6) is 5.75 Å². The molecule has 31 heavy (non-hydrogen) atoms. The van der Waals surface area contributed by atoms with Gasteiger partial charge >= 0.3 is 7.75 Å². The molecule has 9 nitrogen and oxygen atoms in total. The molecule has 0 saturated carbocycles. The van der Waals surface area contributed by atoms with Gasteiger partial charge in [0.2, 0.25) is 10.0 Å². The second kappa shape index (κ2) is 10.1. The minimum Gasteiger partial charge on any atom is -0.494 e. The number of rotatable bonds is 7. The Balaban J connectivity index is 0.00000341. The van der Waals surface area contributed by atoms with E-state index in [1.54, 1.807) is 15.1 Å². The summed E-state index contributed by atoms with van der Waals surface area (Å²) in [4.78, 5) is 13.1. The topological polar surface area (TPSA) is 120 Å². The van der Waals surface area contributed by atoms with Crippen molar-refractivity contribution in [3.63, 3.8) is 0 Å². The summed E-state index contributed by atoms with van der Waals surface area (Å²) in [5.41, 5.74) is 1.28. The van der Waals surface area contributed by atoms with E-state index in [0.717, 1.165) is 7.11 Å². The molecule has 3 rings (SSSR count). The third kappa shape index (κ3) is 5.75. The molecule has 3 aromatic rings. The smallest absolute Gasteiger partial charge is 0.416 e. The van der Waals surface area contributed by atoms with Crippen LogP contribution in [0.2, 0.25) is 5.15 Å². The Morgan fingerprint density at radius 2 is 1.84 bits per heavy atom. The van der Waals surface area contributed by atoms with Crippen LogP contribution in [-0.2, 0) is 19.1 Å². The van der Waals surface area contributed by atoms with Crippen LogP contribution in [0, 0.1) is 5.82 Å². The van der Waals surface area contributed by atoms with Gasteiger partial charge in [-0.15, -0.1) is 4.49 Å². The van der Waals surface area contributed by atoms with Crippen LogP contribution in [-0.4, -0.2) is 66.6 Å². The largest absolute Gasteiger partial charge is 0.494 e. The van der Waals surface area contributed by atoms with Crippen molar-refractivity contribution >= 4 is 58.9 Å². The van der Waals surface area contributed by atoms with Gasteiger partial charge in [-0.2, -0.15) is 0 Å². The van der Waals surface area contributed by atoms with Gasteiger partial charge in [0.15, 0.2) is 16.7 Å². The van der Waals surface area contributed by atoms with Crippen molar-refractivity contribution in [1.82, 2.24) is 14.0 Å². The summed E-state index contributed by atoms with van der Waals surface area (Å²) >= 11 is 6.18. The number of methoxy groups -OCH3 is 1. The molecular formula is C17H16ClFN3NaO6PS. The second-order valence-electron chi connectivity index (χ2n) is 5.89. The quantitative estimate of drug-likeness (QED) is 0.379. The van der Waals surface area contributed by atoms with E-state index in [0.29, 0.717) is 16.9 Å². The van der Waals surface area contributed by atoms with Gasteiger partial charge in [-0.1, -0.05) is 11.6 Å². The van der Waals surface area contributed by atoms with Crippen molar-refractivity contribution in [2.75, 3.05) is 14.2 Å². The molecule has 1 heterocycles. The predicted octanol–water partition coefficient (Wildman–Crippen LogP) is 2.98. The molecule has 0 aliphatic rings. The maximum atomic E-state index is 14.1. The van der Waals surface area contributed by atoms with Crippen LogP contribution >= 0.6 is 19.3 Å². The molecule has 0 fully saturated rings. The average molecular weight is 499 g/mol. The van der Waals surface area contributed by atoms with E-state index in [1.165, 1.54) is 49.8 Å². The van der Waals surface area contributed by atoms with Crippen LogP contribution < -0.4 is 9.23 Å². The van der Waals surface area contributed by atoms with E-state index in [1.807, 2.05) is 0 Å². The van der Waals surface area contributed by atoms with Gasteiger partial charge in [-0.05, 0) is 42.5 Å². The molecule has 0 aliphatic heterocycles. The van der Waals surface area contributed by atoms with Crippen LogP contribution in [0.1, 0.15) is 0 Å². The predicted molar refractivity (Wildman–Crippen MR) is 113 cm³/mol. The zero-order valence-electron chi connectivity index (χ0n) is 16.6. The number of nitrogens with one attached hydrogen (secondary N) is 1. The number of hydrogen-bond donors (Lipinski definition) is 2. The molecule has 0 saturated heterocycles. The summed E-state index contributed by atoms with van der Waals surface area (Å²) in [6.07, 6.45) is 1.40. The fourth-order valence-electron chi connectivity index (χ4n) is 2.62. The van der Waals surface area contributed by atoms with E-state index >= 15 is 0 Å². The van der Waals surface area contributed by atoms with Crippen molar-refractivity contribution in [2.45, 2.75) is 4.90 Å². The molecule has 2 N–H and O–H groups in total. The standard InChI is InChI=1S/C17H16ClFN3O6PS.Na/c1-27-15-8-3-11(9-14(15)19)16-17(18)20-10-22(16)12-4-6-13(7-5-12)30(25,26)21-29(23,24)28-2;/h3-10H,1-2H3,(H2,21,23,24);. The van der Waals surface area contributed by atoms with Gasteiger partial charge in [0.05, 0.1) is 17.7 Å². The molecule has 14 heteroatoms. The summed E-state index contributed by atoms with van der Waals surface area (Å²) in [6.45, 7) is 0. The molecular weight excluding hydrogens is 483 g/mol. The van der Waals surface area contributed by atoms with Crippen molar-refractivity contribution in [2.24, 2.45) is 0 Å². The maximum absolute atomic E-state index is 14.1. The molecule has 161 valence electrons. The van der Waals surface area contributed by atoms with Crippen LogP contribution in [0.15, 0.2) is 53.7 Å². The van der Waals surface area contributed by atoms with Gasteiger partial charge in [0.25, 0.3) is 0 Å². The normalized spacial score (nSPS) is 13.3. The van der Waals surface area contributed by atoms with Crippen molar-refractivity contribution < 1.29 is 31.5 Å². The summed E-state index contributed by atoms with van der Waals surface area (Å²) in [5, 5.41) is 0.110. The first-order valence-corrected chi connectivity index (χ1v) is 11.6. The van der Waals surface area contributed by atoms with Gasteiger partial charge in [0.1, 0.15) is 6.33 Å². The third-order valence-electron chi connectivity index (χ3n) is 4.06. The number of aromatic nitrogens is 2. The number of ether oxygens (including phenoxy) is 1. The molecule has 1 aromatic heterocycles. The van der Waals surface area contributed by atoms with Crippen molar-refractivity contribution in [1.29, 1.82) is 0 Å². The third-order valence-corrected chi connectivity index (χ3v) is 7.60. The summed E-state index contributed by atoms with van der Waals surface area (Å²) in [7, 11) is -6.55. The summed E-state index contributed by atoms with van der Waals surface area (Å²) in [5.74, 6) is -0.516. The molecule has 1 radical (unpaired) electrons. The number of imidazole rings is 1. The van der Waals surface area contributed by atoms with Gasteiger partial charge in [-0.25, -0.2) is 22.4 Å². The number of nitrogens with zero attached hydrogens (tertiary/aromatic N) is 2. The Bertz CT molecular complexity index is 1240. The SMILES string of the molecule is COc1ccc(-c2c(Cl)ncn2-c2ccc(S(=O)(=O)NP(=O)(O)OC)cc2)cc1F.[Na].